The average molecular weight is 177 g/mol. The molecule has 0 aliphatic rings. The first-order valence-electron chi connectivity index (χ1n) is 4.44. The van der Waals surface area contributed by atoms with Gasteiger partial charge in [0.15, 0.2) is 11.9 Å². The SMILES string of the molecule is CCc1nc(CC)c2ncoc2n1. The minimum Gasteiger partial charge on any atom is -0.425 e. The summed E-state index contributed by atoms with van der Waals surface area (Å²) in [6.45, 7) is 4.08. The summed E-state index contributed by atoms with van der Waals surface area (Å²) in [5.41, 5.74) is 2.36. The summed E-state index contributed by atoms with van der Waals surface area (Å²) in [5, 5.41) is 0. The Hall–Kier alpha value is -1.45. The summed E-state index contributed by atoms with van der Waals surface area (Å²) in [7, 11) is 0. The summed E-state index contributed by atoms with van der Waals surface area (Å²) in [5.74, 6) is 0.820. The molecule has 0 aliphatic carbocycles. The number of hydrogen-bond donors (Lipinski definition) is 0. The highest BCUT2D eigenvalue weighted by atomic mass is 16.3. The average Bonchev–Trinajstić information content (AvgIpc) is 2.63. The largest absolute Gasteiger partial charge is 0.425 e. The third-order valence-corrected chi connectivity index (χ3v) is 1.97. The maximum Gasteiger partial charge on any atom is 0.250 e. The van der Waals surface area contributed by atoms with Crippen LogP contribution in [0.5, 0.6) is 0 Å². The Bertz CT molecular complexity index is 422. The zero-order valence-electron chi connectivity index (χ0n) is 7.74. The van der Waals surface area contributed by atoms with E-state index >= 15 is 0 Å². The Labute approximate surface area is 76.0 Å². The van der Waals surface area contributed by atoms with Crippen LogP contribution in [-0.2, 0) is 12.8 Å². The predicted molar refractivity (Wildman–Crippen MR) is 48.4 cm³/mol. The molecule has 2 aromatic heterocycles. The van der Waals surface area contributed by atoms with Crippen molar-refractivity contribution >= 4 is 11.2 Å². The van der Waals surface area contributed by atoms with Gasteiger partial charge in [0.05, 0.1) is 5.69 Å². The van der Waals surface area contributed by atoms with E-state index in [1.807, 2.05) is 6.92 Å². The Morgan fingerprint density at radius 2 is 2.08 bits per heavy atom. The molecule has 4 heteroatoms. The molecule has 2 heterocycles. The molecule has 2 aromatic rings. The molecule has 0 radical (unpaired) electrons. The highest BCUT2D eigenvalue weighted by Gasteiger charge is 2.08. The Kier molecular flexibility index (Phi) is 1.96. The quantitative estimate of drug-likeness (QED) is 0.701. The molecule has 0 fully saturated rings. The van der Waals surface area contributed by atoms with Gasteiger partial charge in [-0.15, -0.1) is 0 Å². The van der Waals surface area contributed by atoms with Crippen molar-refractivity contribution in [3.63, 3.8) is 0 Å². The van der Waals surface area contributed by atoms with Crippen molar-refractivity contribution in [1.29, 1.82) is 0 Å². The number of oxazole rings is 1. The standard InChI is InChI=1S/C9H11N3O/c1-3-6-8-9(13-5-10-8)12-7(4-2)11-6/h5H,3-4H2,1-2H3. The lowest BCUT2D eigenvalue weighted by Gasteiger charge is -1.98. The molecule has 0 aromatic carbocycles. The van der Waals surface area contributed by atoms with Gasteiger partial charge < -0.3 is 4.42 Å². The van der Waals surface area contributed by atoms with Crippen LogP contribution in [0.15, 0.2) is 10.8 Å². The number of fused-ring (bicyclic) bond motifs is 1. The maximum atomic E-state index is 5.14. The molecule has 0 saturated heterocycles. The van der Waals surface area contributed by atoms with Gasteiger partial charge in [0.25, 0.3) is 0 Å². The number of aromatic nitrogens is 3. The molecule has 0 N–H and O–H groups in total. The number of nitrogens with zero attached hydrogens (tertiary/aromatic N) is 3. The summed E-state index contributed by atoms with van der Waals surface area (Å²) >= 11 is 0. The third-order valence-electron chi connectivity index (χ3n) is 1.97. The molecule has 0 amide bonds. The van der Waals surface area contributed by atoms with Gasteiger partial charge in [-0.2, -0.15) is 4.98 Å². The van der Waals surface area contributed by atoms with Crippen LogP contribution in [0.2, 0.25) is 0 Å². The lowest BCUT2D eigenvalue weighted by atomic mass is 10.3. The summed E-state index contributed by atoms with van der Waals surface area (Å²) < 4.78 is 5.14. The van der Waals surface area contributed by atoms with Crippen LogP contribution in [0.3, 0.4) is 0 Å². The van der Waals surface area contributed by atoms with E-state index < -0.39 is 0 Å². The number of rotatable bonds is 2. The van der Waals surface area contributed by atoms with Crippen molar-refractivity contribution in [2.24, 2.45) is 0 Å². The Morgan fingerprint density at radius 3 is 2.77 bits per heavy atom. The Morgan fingerprint density at radius 1 is 1.23 bits per heavy atom. The van der Waals surface area contributed by atoms with Gasteiger partial charge in [-0.3, -0.25) is 0 Å². The molecule has 0 atom stereocenters. The van der Waals surface area contributed by atoms with Gasteiger partial charge in [0, 0.05) is 6.42 Å². The van der Waals surface area contributed by atoms with E-state index in [0.717, 1.165) is 29.9 Å². The summed E-state index contributed by atoms with van der Waals surface area (Å²) in [4.78, 5) is 12.7. The summed E-state index contributed by atoms with van der Waals surface area (Å²) in [6.07, 6.45) is 3.10. The van der Waals surface area contributed by atoms with Crippen molar-refractivity contribution in [3.05, 3.63) is 17.9 Å². The van der Waals surface area contributed by atoms with Crippen LogP contribution in [0.1, 0.15) is 25.4 Å². The first-order chi connectivity index (χ1) is 6.35. The predicted octanol–water partition coefficient (Wildman–Crippen LogP) is 1.74. The second kappa shape index (κ2) is 3.12. The van der Waals surface area contributed by atoms with E-state index in [4.69, 9.17) is 4.42 Å². The minimum atomic E-state index is 0.601. The second-order valence-electron chi connectivity index (χ2n) is 2.80. The van der Waals surface area contributed by atoms with Crippen molar-refractivity contribution < 1.29 is 4.42 Å². The van der Waals surface area contributed by atoms with Crippen molar-refractivity contribution in [3.8, 4) is 0 Å². The normalized spacial score (nSPS) is 10.9. The fraction of sp³-hybridized carbons (Fsp3) is 0.444. The van der Waals surface area contributed by atoms with Gasteiger partial charge in [0.1, 0.15) is 5.82 Å². The van der Waals surface area contributed by atoms with E-state index in [9.17, 15) is 0 Å². The van der Waals surface area contributed by atoms with Crippen LogP contribution >= 0.6 is 0 Å². The van der Waals surface area contributed by atoms with Crippen LogP contribution in [0, 0.1) is 0 Å². The highest BCUT2D eigenvalue weighted by molar-refractivity contribution is 5.70. The van der Waals surface area contributed by atoms with Crippen molar-refractivity contribution in [2.75, 3.05) is 0 Å². The first kappa shape index (κ1) is 8.16. The monoisotopic (exact) mass is 177 g/mol. The molecule has 0 saturated carbocycles. The molecule has 0 spiro atoms. The zero-order chi connectivity index (χ0) is 9.26. The highest BCUT2D eigenvalue weighted by Crippen LogP contribution is 2.14. The molecule has 2 rings (SSSR count). The van der Waals surface area contributed by atoms with Crippen LogP contribution in [0.25, 0.3) is 11.2 Å². The molecular formula is C9H11N3O. The van der Waals surface area contributed by atoms with Gasteiger partial charge >= 0.3 is 0 Å². The maximum absolute atomic E-state index is 5.14. The smallest absolute Gasteiger partial charge is 0.250 e. The van der Waals surface area contributed by atoms with E-state index in [-0.39, 0.29) is 0 Å². The van der Waals surface area contributed by atoms with E-state index in [0.29, 0.717) is 5.71 Å². The van der Waals surface area contributed by atoms with Crippen molar-refractivity contribution in [1.82, 2.24) is 15.0 Å². The number of aryl methyl sites for hydroxylation is 2. The fourth-order valence-electron chi connectivity index (χ4n) is 1.27. The van der Waals surface area contributed by atoms with Crippen LogP contribution in [0.4, 0.5) is 0 Å². The van der Waals surface area contributed by atoms with E-state index in [1.54, 1.807) is 0 Å². The summed E-state index contributed by atoms with van der Waals surface area (Å²) in [6, 6.07) is 0. The van der Waals surface area contributed by atoms with Gasteiger partial charge in [0.2, 0.25) is 5.71 Å². The third kappa shape index (κ3) is 1.28. The minimum absolute atomic E-state index is 0.601. The molecule has 4 nitrogen and oxygen atoms in total. The first-order valence-corrected chi connectivity index (χ1v) is 4.44. The van der Waals surface area contributed by atoms with E-state index in [1.165, 1.54) is 6.39 Å². The van der Waals surface area contributed by atoms with Gasteiger partial charge in [-0.05, 0) is 6.42 Å². The van der Waals surface area contributed by atoms with E-state index in [2.05, 4.69) is 21.9 Å². The lowest BCUT2D eigenvalue weighted by molar-refractivity contribution is 0.587. The molecule has 0 unspecified atom stereocenters. The molecular weight excluding hydrogens is 166 g/mol. The van der Waals surface area contributed by atoms with Gasteiger partial charge in [-0.25, -0.2) is 9.97 Å². The van der Waals surface area contributed by atoms with Gasteiger partial charge in [-0.1, -0.05) is 13.8 Å². The molecule has 0 aliphatic heterocycles. The fourth-order valence-corrected chi connectivity index (χ4v) is 1.27. The number of hydrogen-bond acceptors (Lipinski definition) is 4. The van der Waals surface area contributed by atoms with Crippen LogP contribution in [-0.4, -0.2) is 15.0 Å². The Balaban J connectivity index is 2.70. The molecule has 13 heavy (non-hydrogen) atoms. The molecule has 0 bridgehead atoms. The molecule has 68 valence electrons. The van der Waals surface area contributed by atoms with Crippen LogP contribution < -0.4 is 0 Å². The lowest BCUT2D eigenvalue weighted by Crippen LogP contribution is -1.98. The van der Waals surface area contributed by atoms with Crippen molar-refractivity contribution in [2.45, 2.75) is 26.7 Å². The zero-order valence-corrected chi connectivity index (χ0v) is 7.74. The topological polar surface area (TPSA) is 51.8 Å². The second-order valence-corrected chi connectivity index (χ2v) is 2.80.